The Morgan fingerprint density at radius 3 is 2.90 bits per heavy atom. The van der Waals surface area contributed by atoms with E-state index in [1.807, 2.05) is 17.6 Å². The third-order valence-electron chi connectivity index (χ3n) is 2.92. The second-order valence-corrected chi connectivity index (χ2v) is 5.11. The Bertz CT molecular complexity index is 839. The molecule has 8 heteroatoms. The summed E-state index contributed by atoms with van der Waals surface area (Å²) in [5.41, 5.74) is 1.51. The van der Waals surface area contributed by atoms with E-state index in [9.17, 15) is 4.79 Å². The van der Waals surface area contributed by atoms with Crippen LogP contribution in [0.5, 0.6) is 0 Å². The average molecular weight is 308 g/mol. The molecule has 0 bridgehead atoms. The average Bonchev–Trinajstić information content (AvgIpc) is 2.79. The van der Waals surface area contributed by atoms with E-state index < -0.39 is 0 Å². The van der Waals surface area contributed by atoms with Gasteiger partial charge in [-0.05, 0) is 18.6 Å². The lowest BCUT2D eigenvalue weighted by Crippen LogP contribution is -2.20. The van der Waals surface area contributed by atoms with Gasteiger partial charge >= 0.3 is 0 Å². The first-order valence-corrected chi connectivity index (χ1v) is 6.64. The number of aryl methyl sites for hydroxylation is 1. The Hall–Kier alpha value is -1.86. The van der Waals surface area contributed by atoms with Crippen molar-refractivity contribution in [2.24, 2.45) is 0 Å². The van der Waals surface area contributed by atoms with Crippen molar-refractivity contribution >= 4 is 30.0 Å². The minimum absolute atomic E-state index is 0.226. The summed E-state index contributed by atoms with van der Waals surface area (Å²) in [6.45, 7) is 2.36. The van der Waals surface area contributed by atoms with Gasteiger partial charge in [0, 0.05) is 18.0 Å². The zero-order valence-corrected chi connectivity index (χ0v) is 12.1. The molecular weight excluding hydrogens is 298 g/mol. The molecule has 0 fully saturated rings. The fourth-order valence-electron chi connectivity index (χ4n) is 1.97. The van der Waals surface area contributed by atoms with Crippen molar-refractivity contribution in [3.63, 3.8) is 0 Å². The summed E-state index contributed by atoms with van der Waals surface area (Å²) in [5.74, 6) is 0.454. The van der Waals surface area contributed by atoms with Crippen LogP contribution in [0.15, 0.2) is 34.3 Å². The minimum atomic E-state index is -0.226. The molecule has 0 saturated heterocycles. The van der Waals surface area contributed by atoms with E-state index >= 15 is 0 Å². The van der Waals surface area contributed by atoms with E-state index in [2.05, 4.69) is 27.7 Å². The lowest BCUT2D eigenvalue weighted by atomic mass is 10.3. The first-order valence-electron chi connectivity index (χ1n) is 5.81. The first kappa shape index (κ1) is 13.1. The van der Waals surface area contributed by atoms with Gasteiger partial charge < -0.3 is 4.57 Å². The first-order chi connectivity index (χ1) is 9.54. The summed E-state index contributed by atoms with van der Waals surface area (Å²) in [6, 6.07) is 5.11. The Morgan fingerprint density at radius 1 is 1.40 bits per heavy atom. The van der Waals surface area contributed by atoms with Crippen molar-refractivity contribution < 1.29 is 0 Å². The van der Waals surface area contributed by atoms with E-state index in [1.54, 1.807) is 12.3 Å². The van der Waals surface area contributed by atoms with Crippen LogP contribution in [0.25, 0.3) is 5.78 Å². The third-order valence-corrected chi connectivity index (χ3v) is 3.33. The molecule has 0 amide bonds. The van der Waals surface area contributed by atoms with Gasteiger partial charge in [0.15, 0.2) is 0 Å². The summed E-state index contributed by atoms with van der Waals surface area (Å²) in [6.07, 6.45) is 1.69. The van der Waals surface area contributed by atoms with Gasteiger partial charge in [-0.25, -0.2) is 4.98 Å². The highest BCUT2D eigenvalue weighted by Gasteiger charge is 2.11. The molecular formula is C12H10ClN5OS. The van der Waals surface area contributed by atoms with Crippen LogP contribution in [-0.2, 0) is 6.54 Å². The van der Waals surface area contributed by atoms with E-state index in [0.29, 0.717) is 17.5 Å². The lowest BCUT2D eigenvalue weighted by Gasteiger charge is -2.11. The maximum absolute atomic E-state index is 11.8. The predicted octanol–water partition coefficient (Wildman–Crippen LogP) is 1.58. The van der Waals surface area contributed by atoms with Crippen LogP contribution >= 0.6 is 24.2 Å². The van der Waals surface area contributed by atoms with Gasteiger partial charge in [0.2, 0.25) is 10.9 Å². The van der Waals surface area contributed by atoms with Gasteiger partial charge in [-0.1, -0.05) is 17.7 Å². The topological polar surface area (TPSA) is 65.1 Å². The summed E-state index contributed by atoms with van der Waals surface area (Å²) in [7, 11) is 0. The third kappa shape index (κ3) is 2.30. The second-order valence-electron chi connectivity index (χ2n) is 4.32. The van der Waals surface area contributed by atoms with Crippen LogP contribution in [0.2, 0.25) is 5.15 Å². The normalized spacial score (nSPS) is 11.2. The van der Waals surface area contributed by atoms with E-state index in [1.165, 1.54) is 10.6 Å². The molecule has 0 aliphatic carbocycles. The van der Waals surface area contributed by atoms with Crippen LogP contribution in [0.4, 0.5) is 0 Å². The number of aromatic nitrogens is 5. The Labute approximate surface area is 124 Å². The number of hydrogen-bond acceptors (Lipinski definition) is 5. The molecule has 0 unspecified atom stereocenters. The number of nitrogens with zero attached hydrogens (tertiary/aromatic N) is 5. The maximum Gasteiger partial charge on any atom is 0.275 e. The molecule has 0 spiro atoms. The van der Waals surface area contributed by atoms with Crippen molar-refractivity contribution in [3.8, 4) is 0 Å². The minimum Gasteiger partial charge on any atom is -0.310 e. The van der Waals surface area contributed by atoms with Crippen LogP contribution in [0.3, 0.4) is 0 Å². The smallest absolute Gasteiger partial charge is 0.275 e. The standard InChI is InChI=1S/C12H10ClN5OS/c1-7-4-10(19)18-12(15-11(20)16-18)17(7)6-8-2-3-9(13)14-5-8/h2-5H,6H2,1H3,(H,16,20). The van der Waals surface area contributed by atoms with E-state index in [-0.39, 0.29) is 10.7 Å². The SMILES string of the molecule is Cc1cc(=O)n2nc(S)nc2n1Cc1ccc(Cl)nc1. The number of fused-ring (bicyclic) bond motifs is 1. The molecule has 3 rings (SSSR count). The van der Waals surface area contributed by atoms with Gasteiger partial charge in [-0.15, -0.1) is 17.7 Å². The van der Waals surface area contributed by atoms with Gasteiger partial charge in [0.05, 0.1) is 6.54 Å². The molecule has 20 heavy (non-hydrogen) atoms. The number of rotatable bonds is 2. The van der Waals surface area contributed by atoms with Gasteiger partial charge in [0.1, 0.15) is 5.15 Å². The second kappa shape index (κ2) is 4.92. The molecule has 0 aliphatic heterocycles. The number of thiol groups is 1. The summed E-state index contributed by atoms with van der Waals surface area (Å²) >= 11 is 9.86. The Balaban J connectivity index is 2.15. The van der Waals surface area contributed by atoms with Crippen molar-refractivity contribution in [1.29, 1.82) is 0 Å². The zero-order valence-electron chi connectivity index (χ0n) is 10.5. The fourth-order valence-corrected chi connectivity index (χ4v) is 2.26. The Morgan fingerprint density at radius 2 is 2.20 bits per heavy atom. The maximum atomic E-state index is 11.8. The van der Waals surface area contributed by atoms with Crippen LogP contribution in [-0.4, -0.2) is 24.1 Å². The molecule has 3 aromatic rings. The number of hydrogen-bond donors (Lipinski definition) is 1. The molecule has 0 N–H and O–H groups in total. The molecule has 0 aromatic carbocycles. The summed E-state index contributed by atoms with van der Waals surface area (Å²) in [5, 5.41) is 4.67. The molecule has 102 valence electrons. The van der Waals surface area contributed by atoms with Crippen LogP contribution < -0.4 is 5.56 Å². The fraction of sp³-hybridized carbons (Fsp3) is 0.167. The quantitative estimate of drug-likeness (QED) is 0.577. The molecule has 6 nitrogen and oxygen atoms in total. The van der Waals surface area contributed by atoms with Gasteiger partial charge in [-0.3, -0.25) is 4.79 Å². The Kier molecular flexibility index (Phi) is 3.23. The molecule has 0 aliphatic rings. The zero-order chi connectivity index (χ0) is 14.3. The molecule has 3 aromatic heterocycles. The lowest BCUT2D eigenvalue weighted by molar-refractivity contribution is 0.727. The highest BCUT2D eigenvalue weighted by atomic mass is 35.5. The number of halogens is 1. The van der Waals surface area contributed by atoms with E-state index in [4.69, 9.17) is 11.6 Å². The molecule has 0 saturated carbocycles. The largest absolute Gasteiger partial charge is 0.310 e. The van der Waals surface area contributed by atoms with Crippen molar-refractivity contribution in [2.75, 3.05) is 0 Å². The highest BCUT2D eigenvalue weighted by molar-refractivity contribution is 7.80. The van der Waals surface area contributed by atoms with Gasteiger partial charge in [-0.2, -0.15) is 9.50 Å². The van der Waals surface area contributed by atoms with Crippen LogP contribution in [0, 0.1) is 6.92 Å². The molecule has 0 atom stereocenters. The van der Waals surface area contributed by atoms with Crippen molar-refractivity contribution in [2.45, 2.75) is 18.6 Å². The van der Waals surface area contributed by atoms with E-state index in [0.717, 1.165) is 11.3 Å². The highest BCUT2D eigenvalue weighted by Crippen LogP contribution is 2.11. The molecule has 3 heterocycles. The predicted molar refractivity (Wildman–Crippen MR) is 77.6 cm³/mol. The number of pyridine rings is 1. The molecule has 0 radical (unpaired) electrons. The van der Waals surface area contributed by atoms with Crippen molar-refractivity contribution in [3.05, 3.63) is 51.2 Å². The van der Waals surface area contributed by atoms with Crippen molar-refractivity contribution in [1.82, 2.24) is 24.1 Å². The van der Waals surface area contributed by atoms with Gasteiger partial charge in [0.25, 0.3) is 5.56 Å². The summed E-state index contributed by atoms with van der Waals surface area (Å²) < 4.78 is 3.11. The summed E-state index contributed by atoms with van der Waals surface area (Å²) in [4.78, 5) is 20.1. The van der Waals surface area contributed by atoms with Crippen LogP contribution in [0.1, 0.15) is 11.3 Å². The monoisotopic (exact) mass is 307 g/mol.